The van der Waals surface area contributed by atoms with Gasteiger partial charge in [-0.1, -0.05) is 17.7 Å². The number of carbonyl (C=O) groups excluding carboxylic acids is 1. The molecule has 0 unspecified atom stereocenters. The molecule has 1 amide bonds. The van der Waals surface area contributed by atoms with Gasteiger partial charge in [0.2, 0.25) is 11.9 Å². The van der Waals surface area contributed by atoms with Crippen LogP contribution in [0.1, 0.15) is 31.2 Å². The van der Waals surface area contributed by atoms with E-state index in [0.29, 0.717) is 4.57 Å². The maximum atomic E-state index is 15.1. The van der Waals surface area contributed by atoms with E-state index in [1.165, 1.54) is 23.1 Å². The zero-order valence-electron chi connectivity index (χ0n) is 22.5. The summed E-state index contributed by atoms with van der Waals surface area (Å²) < 4.78 is 136. The van der Waals surface area contributed by atoms with Gasteiger partial charge in [0.25, 0.3) is 0 Å². The molecule has 2 heterocycles. The number of piperidine rings is 1. The van der Waals surface area contributed by atoms with Gasteiger partial charge in [0.05, 0.1) is 33.3 Å². The highest BCUT2D eigenvalue weighted by Crippen LogP contribution is 2.57. The quantitative estimate of drug-likeness (QED) is 0.254. The van der Waals surface area contributed by atoms with Crippen LogP contribution in [0.3, 0.4) is 0 Å². The van der Waals surface area contributed by atoms with Crippen LogP contribution < -0.4 is 15.5 Å². The predicted octanol–water partition coefficient (Wildman–Crippen LogP) is 7.87. The second-order valence-corrected chi connectivity index (χ2v) is 11.3. The standard InChI is InChI=1S/C27H24ClF10N5O/c28-16-2-1-14(12-39-22(44)24(5-6-24)27(36,37)38)9-18(16)40-23-41-19-10-17(29)20(11-21(19)43(23)13-25(30,31)32)42-7-3-15(4-8-42)26(33,34)35/h1-2,9-11,15H,3-8,12-13H2,(H,39,44)(H,40,41). The molecule has 5 rings (SSSR count). The van der Waals surface area contributed by atoms with Crippen LogP contribution in [0.5, 0.6) is 0 Å². The summed E-state index contributed by atoms with van der Waals surface area (Å²) in [7, 11) is 0. The first kappa shape index (κ1) is 32.0. The highest BCUT2D eigenvalue weighted by molar-refractivity contribution is 6.33. The smallest absolute Gasteiger partial charge is 0.369 e. The molecular weight excluding hydrogens is 636 g/mol. The predicted molar refractivity (Wildman–Crippen MR) is 141 cm³/mol. The van der Waals surface area contributed by atoms with Crippen molar-refractivity contribution in [1.29, 1.82) is 0 Å². The summed E-state index contributed by atoms with van der Waals surface area (Å²) >= 11 is 6.23. The van der Waals surface area contributed by atoms with Crippen LogP contribution in [0, 0.1) is 17.2 Å². The SMILES string of the molecule is O=C(NCc1ccc(Cl)c(Nc2nc3cc(F)c(N4CCC(C(F)(F)F)CC4)cc3n2CC(F)(F)F)c1)C1(C(F)(F)F)CC1. The normalized spacial score (nSPS) is 17.7. The lowest BCUT2D eigenvalue weighted by Crippen LogP contribution is -2.40. The number of hydrogen-bond acceptors (Lipinski definition) is 4. The first-order valence-corrected chi connectivity index (χ1v) is 13.7. The zero-order chi connectivity index (χ0) is 32.2. The summed E-state index contributed by atoms with van der Waals surface area (Å²) in [6.45, 7) is -2.22. The van der Waals surface area contributed by atoms with Crippen LogP contribution in [-0.4, -0.2) is 47.1 Å². The van der Waals surface area contributed by atoms with Crippen molar-refractivity contribution in [3.8, 4) is 0 Å². The van der Waals surface area contributed by atoms with E-state index in [-0.39, 0.29) is 78.3 Å². The number of hydrogen-bond donors (Lipinski definition) is 2. The summed E-state index contributed by atoms with van der Waals surface area (Å²) in [6.07, 6.45) is -15.2. The van der Waals surface area contributed by atoms with Crippen LogP contribution in [0.15, 0.2) is 30.3 Å². The van der Waals surface area contributed by atoms with E-state index < -0.39 is 54.1 Å². The van der Waals surface area contributed by atoms with E-state index in [2.05, 4.69) is 15.6 Å². The number of rotatable bonds is 7. The molecule has 44 heavy (non-hydrogen) atoms. The number of benzene rings is 2. The van der Waals surface area contributed by atoms with E-state index in [1.807, 2.05) is 0 Å². The Morgan fingerprint density at radius 2 is 1.66 bits per heavy atom. The number of nitrogens with zero attached hydrogens (tertiary/aromatic N) is 3. The van der Waals surface area contributed by atoms with E-state index >= 15 is 4.39 Å². The third kappa shape index (κ3) is 6.49. The van der Waals surface area contributed by atoms with Crippen molar-refractivity contribution in [3.63, 3.8) is 0 Å². The number of alkyl halides is 9. The Balaban J connectivity index is 1.42. The Bertz CT molecular complexity index is 1550. The van der Waals surface area contributed by atoms with Gasteiger partial charge in [-0.2, -0.15) is 39.5 Å². The monoisotopic (exact) mass is 659 g/mol. The molecule has 0 atom stereocenters. The van der Waals surface area contributed by atoms with Gasteiger partial charge < -0.3 is 20.1 Å². The molecule has 0 spiro atoms. The Morgan fingerprint density at radius 3 is 2.23 bits per heavy atom. The topological polar surface area (TPSA) is 62.2 Å². The molecule has 1 aromatic heterocycles. The molecule has 3 aromatic rings. The van der Waals surface area contributed by atoms with Gasteiger partial charge >= 0.3 is 18.5 Å². The van der Waals surface area contributed by atoms with Crippen molar-refractivity contribution in [3.05, 3.63) is 46.7 Å². The minimum absolute atomic E-state index is 0.000879. The van der Waals surface area contributed by atoms with E-state index in [0.717, 1.165) is 12.1 Å². The van der Waals surface area contributed by atoms with Gasteiger partial charge in [0.15, 0.2) is 0 Å². The van der Waals surface area contributed by atoms with Gasteiger partial charge in [-0.05, 0) is 49.4 Å². The zero-order valence-corrected chi connectivity index (χ0v) is 23.3. The Hall–Kier alpha value is -3.43. The van der Waals surface area contributed by atoms with Gasteiger partial charge in [0, 0.05) is 25.7 Å². The van der Waals surface area contributed by atoms with Crippen LogP contribution in [-0.2, 0) is 17.9 Å². The van der Waals surface area contributed by atoms with Crippen LogP contribution in [0.4, 0.5) is 61.2 Å². The van der Waals surface area contributed by atoms with Crippen molar-refractivity contribution in [2.24, 2.45) is 11.3 Å². The van der Waals surface area contributed by atoms with Gasteiger partial charge in [-0.3, -0.25) is 4.79 Å². The highest BCUT2D eigenvalue weighted by Gasteiger charge is 2.68. The van der Waals surface area contributed by atoms with E-state index in [4.69, 9.17) is 11.6 Å². The van der Waals surface area contributed by atoms with Crippen molar-refractivity contribution < 1.29 is 48.7 Å². The molecule has 17 heteroatoms. The number of amides is 1. The second kappa shape index (κ2) is 11.2. The number of fused-ring (bicyclic) bond motifs is 1. The third-order valence-electron chi connectivity index (χ3n) is 7.91. The molecular formula is C27H24ClF10N5O. The molecule has 2 aliphatic rings. The molecule has 2 fully saturated rings. The van der Waals surface area contributed by atoms with Gasteiger partial charge in [-0.15, -0.1) is 0 Å². The molecule has 1 aliphatic carbocycles. The summed E-state index contributed by atoms with van der Waals surface area (Å²) in [6, 6.07) is 6.03. The number of imidazole rings is 1. The molecule has 2 aromatic carbocycles. The minimum atomic E-state index is -4.77. The van der Waals surface area contributed by atoms with Crippen molar-refractivity contribution >= 4 is 45.9 Å². The molecule has 1 saturated heterocycles. The lowest BCUT2D eigenvalue weighted by molar-refractivity contribution is -0.192. The lowest BCUT2D eigenvalue weighted by Gasteiger charge is -2.34. The maximum Gasteiger partial charge on any atom is 0.406 e. The Morgan fingerprint density at radius 1 is 1.00 bits per heavy atom. The van der Waals surface area contributed by atoms with Crippen molar-refractivity contribution in [2.45, 2.75) is 57.3 Å². The molecule has 0 radical (unpaired) electrons. The number of nitrogens with one attached hydrogen (secondary N) is 2. The number of aromatic nitrogens is 2. The largest absolute Gasteiger partial charge is 0.406 e. The van der Waals surface area contributed by atoms with Crippen molar-refractivity contribution in [1.82, 2.24) is 14.9 Å². The van der Waals surface area contributed by atoms with Crippen LogP contribution in [0.2, 0.25) is 5.02 Å². The average Bonchev–Trinajstić information content (AvgIpc) is 3.68. The van der Waals surface area contributed by atoms with Crippen LogP contribution >= 0.6 is 11.6 Å². The summed E-state index contributed by atoms with van der Waals surface area (Å²) in [4.78, 5) is 17.6. The Labute approximate surface area is 248 Å². The fourth-order valence-corrected chi connectivity index (χ4v) is 5.44. The highest BCUT2D eigenvalue weighted by atomic mass is 35.5. The summed E-state index contributed by atoms with van der Waals surface area (Å²) in [5.74, 6) is -4.04. The van der Waals surface area contributed by atoms with Gasteiger partial charge in [0.1, 0.15) is 17.8 Å². The molecule has 2 N–H and O–H groups in total. The second-order valence-electron chi connectivity index (χ2n) is 10.9. The first-order valence-electron chi connectivity index (χ1n) is 13.4. The summed E-state index contributed by atoms with van der Waals surface area (Å²) in [5.41, 5.74) is -2.66. The molecule has 1 saturated carbocycles. The van der Waals surface area contributed by atoms with Crippen molar-refractivity contribution in [2.75, 3.05) is 23.3 Å². The fourth-order valence-electron chi connectivity index (χ4n) is 5.27. The fraction of sp³-hybridized carbons (Fsp3) is 0.481. The van der Waals surface area contributed by atoms with Gasteiger partial charge in [-0.25, -0.2) is 9.37 Å². The van der Waals surface area contributed by atoms with Crippen LogP contribution in [0.25, 0.3) is 11.0 Å². The lowest BCUT2D eigenvalue weighted by atomic mass is 9.96. The maximum absolute atomic E-state index is 15.1. The molecule has 0 bridgehead atoms. The number of carbonyl (C=O) groups is 1. The molecule has 240 valence electrons. The van der Waals surface area contributed by atoms with E-state index in [9.17, 15) is 44.3 Å². The first-order chi connectivity index (χ1) is 20.4. The number of anilines is 3. The molecule has 1 aliphatic heterocycles. The minimum Gasteiger partial charge on any atom is -0.369 e. The molecule has 6 nitrogen and oxygen atoms in total. The average molecular weight is 660 g/mol. The number of halogens is 11. The third-order valence-corrected chi connectivity index (χ3v) is 8.24. The summed E-state index contributed by atoms with van der Waals surface area (Å²) in [5, 5.41) is 4.88. The Kier molecular flexibility index (Phi) is 8.12. The van der Waals surface area contributed by atoms with E-state index in [1.54, 1.807) is 0 Å².